The Kier molecular flexibility index (Phi) is 6.98. The molecule has 0 heterocycles. The van der Waals surface area contributed by atoms with Gasteiger partial charge in [0.2, 0.25) is 11.8 Å². The summed E-state index contributed by atoms with van der Waals surface area (Å²) in [6.45, 7) is 3.38. The Morgan fingerprint density at radius 3 is 2.33 bits per heavy atom. The van der Waals surface area contributed by atoms with Crippen LogP contribution in [-0.4, -0.2) is 32.5 Å². The maximum Gasteiger partial charge on any atom is 0.243 e. The van der Waals surface area contributed by atoms with Crippen molar-refractivity contribution >= 4 is 38.9 Å². The van der Waals surface area contributed by atoms with Crippen LogP contribution >= 0.6 is 11.6 Å². The molecule has 0 bridgehead atoms. The molecule has 27 heavy (non-hydrogen) atoms. The van der Waals surface area contributed by atoms with Crippen molar-refractivity contribution in [2.75, 3.05) is 17.6 Å². The molecule has 0 radical (unpaired) electrons. The lowest BCUT2D eigenvalue weighted by molar-refractivity contribution is -0.123. The second-order valence-corrected chi connectivity index (χ2v) is 8.64. The van der Waals surface area contributed by atoms with Crippen LogP contribution < -0.4 is 10.6 Å². The van der Waals surface area contributed by atoms with Crippen molar-refractivity contribution in [3.63, 3.8) is 0 Å². The molecule has 0 atom stereocenters. The van der Waals surface area contributed by atoms with Gasteiger partial charge in [0, 0.05) is 17.1 Å². The highest BCUT2D eigenvalue weighted by atomic mass is 35.5. The van der Waals surface area contributed by atoms with Gasteiger partial charge in [-0.05, 0) is 43.7 Å². The molecule has 0 unspecified atom stereocenters. The fraction of sp³-hybridized carbons (Fsp3) is 0.263. The number of hydrogen-bond donors (Lipinski definition) is 2. The lowest BCUT2D eigenvalue weighted by Crippen LogP contribution is -2.33. The van der Waals surface area contributed by atoms with Gasteiger partial charge < -0.3 is 10.6 Å². The molecule has 0 aliphatic carbocycles. The van der Waals surface area contributed by atoms with E-state index in [-0.39, 0.29) is 23.6 Å². The minimum atomic E-state index is -3.55. The molecule has 0 saturated heterocycles. The predicted molar refractivity (Wildman–Crippen MR) is 106 cm³/mol. The Labute approximate surface area is 163 Å². The van der Waals surface area contributed by atoms with E-state index in [9.17, 15) is 18.0 Å². The molecule has 0 aromatic heterocycles. The third kappa shape index (κ3) is 6.08. The average Bonchev–Trinajstić information content (AvgIpc) is 2.62. The summed E-state index contributed by atoms with van der Waals surface area (Å²) in [4.78, 5) is 24.0. The molecule has 0 fully saturated rings. The molecular weight excluding hydrogens is 388 g/mol. The van der Waals surface area contributed by atoms with Crippen molar-refractivity contribution < 1.29 is 18.0 Å². The molecule has 0 spiro atoms. The Morgan fingerprint density at radius 2 is 1.67 bits per heavy atom. The monoisotopic (exact) mass is 408 g/mol. The summed E-state index contributed by atoms with van der Waals surface area (Å²) in [6.07, 6.45) is -0.223. The van der Waals surface area contributed by atoms with Crippen LogP contribution in [0.1, 0.15) is 17.5 Å². The van der Waals surface area contributed by atoms with Gasteiger partial charge in [-0.3, -0.25) is 9.59 Å². The van der Waals surface area contributed by atoms with Crippen molar-refractivity contribution in [2.24, 2.45) is 0 Å². The van der Waals surface area contributed by atoms with Gasteiger partial charge in [-0.1, -0.05) is 35.4 Å². The fourth-order valence-electron chi connectivity index (χ4n) is 2.30. The van der Waals surface area contributed by atoms with Crippen LogP contribution in [0.25, 0.3) is 0 Å². The summed E-state index contributed by atoms with van der Waals surface area (Å²) >= 11 is 5.99. The van der Waals surface area contributed by atoms with E-state index < -0.39 is 21.7 Å². The van der Waals surface area contributed by atoms with Gasteiger partial charge in [-0.15, -0.1) is 0 Å². The standard InChI is InChI=1S/C19H21ClN2O4S/c1-13-6-8-15(9-7-13)27(25,26)11-10-18(23)21-12-19(24)22-17-5-3-4-16(20)14(17)2/h3-9H,10-12H2,1-2H3,(H,21,23)(H,22,24). The normalized spacial score (nSPS) is 11.1. The second kappa shape index (κ2) is 9.01. The van der Waals surface area contributed by atoms with Crippen molar-refractivity contribution in [3.05, 3.63) is 58.6 Å². The zero-order chi connectivity index (χ0) is 20.0. The largest absolute Gasteiger partial charge is 0.347 e. The molecule has 0 aliphatic rings. The van der Waals surface area contributed by atoms with Gasteiger partial charge in [0.1, 0.15) is 0 Å². The quantitative estimate of drug-likeness (QED) is 0.736. The number of nitrogens with one attached hydrogen (secondary N) is 2. The van der Waals surface area contributed by atoms with E-state index in [1.807, 2.05) is 6.92 Å². The number of benzene rings is 2. The molecule has 2 aromatic rings. The maximum absolute atomic E-state index is 12.2. The third-order valence-corrected chi connectivity index (χ3v) is 6.11. The Bertz CT molecular complexity index is 941. The first-order valence-electron chi connectivity index (χ1n) is 8.30. The van der Waals surface area contributed by atoms with Crippen LogP contribution in [-0.2, 0) is 19.4 Å². The topological polar surface area (TPSA) is 92.3 Å². The Hall–Kier alpha value is -2.38. The van der Waals surface area contributed by atoms with E-state index in [4.69, 9.17) is 11.6 Å². The minimum absolute atomic E-state index is 0.176. The van der Waals surface area contributed by atoms with Crippen molar-refractivity contribution in [3.8, 4) is 0 Å². The van der Waals surface area contributed by atoms with Crippen LogP contribution in [0.2, 0.25) is 5.02 Å². The highest BCUT2D eigenvalue weighted by molar-refractivity contribution is 7.91. The molecule has 2 N–H and O–H groups in total. The van der Waals surface area contributed by atoms with Crippen LogP contribution in [0, 0.1) is 13.8 Å². The van der Waals surface area contributed by atoms with Crippen LogP contribution in [0.15, 0.2) is 47.4 Å². The van der Waals surface area contributed by atoms with Gasteiger partial charge in [-0.25, -0.2) is 8.42 Å². The van der Waals surface area contributed by atoms with E-state index in [0.29, 0.717) is 10.7 Å². The van der Waals surface area contributed by atoms with Gasteiger partial charge in [0.25, 0.3) is 0 Å². The first-order chi connectivity index (χ1) is 12.7. The third-order valence-electron chi connectivity index (χ3n) is 3.97. The van der Waals surface area contributed by atoms with E-state index in [2.05, 4.69) is 10.6 Å². The van der Waals surface area contributed by atoms with Gasteiger partial charge >= 0.3 is 0 Å². The first kappa shape index (κ1) is 20.9. The van der Waals surface area contributed by atoms with Crippen molar-refractivity contribution in [1.29, 1.82) is 0 Å². The number of carbonyl (C=O) groups excluding carboxylic acids is 2. The molecule has 0 saturated carbocycles. The first-order valence-corrected chi connectivity index (χ1v) is 10.3. The summed E-state index contributed by atoms with van der Waals surface area (Å²) in [5, 5.41) is 5.60. The average molecular weight is 409 g/mol. The summed E-state index contributed by atoms with van der Waals surface area (Å²) in [7, 11) is -3.55. The number of hydrogen-bond acceptors (Lipinski definition) is 4. The molecule has 2 aromatic carbocycles. The number of anilines is 1. The van der Waals surface area contributed by atoms with Gasteiger partial charge in [-0.2, -0.15) is 0 Å². The number of rotatable bonds is 7. The summed E-state index contributed by atoms with van der Waals surface area (Å²) < 4.78 is 24.4. The number of aryl methyl sites for hydroxylation is 1. The Morgan fingerprint density at radius 1 is 1.00 bits per heavy atom. The van der Waals surface area contributed by atoms with Crippen molar-refractivity contribution in [1.82, 2.24) is 5.32 Å². The molecule has 6 nitrogen and oxygen atoms in total. The van der Waals surface area contributed by atoms with Crippen LogP contribution in [0.3, 0.4) is 0 Å². The van der Waals surface area contributed by atoms with Crippen molar-refractivity contribution in [2.45, 2.75) is 25.2 Å². The smallest absolute Gasteiger partial charge is 0.243 e. The predicted octanol–water partition coefficient (Wildman–Crippen LogP) is 2.88. The molecule has 144 valence electrons. The SMILES string of the molecule is Cc1ccc(S(=O)(=O)CCC(=O)NCC(=O)Nc2cccc(Cl)c2C)cc1. The lowest BCUT2D eigenvalue weighted by Gasteiger charge is -2.10. The molecule has 2 rings (SSSR count). The number of amides is 2. The number of carbonyl (C=O) groups is 2. The zero-order valence-corrected chi connectivity index (χ0v) is 16.7. The highest BCUT2D eigenvalue weighted by Crippen LogP contribution is 2.22. The van der Waals surface area contributed by atoms with Gasteiger partial charge in [0.05, 0.1) is 17.2 Å². The number of sulfone groups is 1. The summed E-state index contributed by atoms with van der Waals surface area (Å²) in [6, 6.07) is 11.6. The van der Waals surface area contributed by atoms with Crippen LogP contribution in [0.4, 0.5) is 5.69 Å². The summed E-state index contributed by atoms with van der Waals surface area (Å²) in [5.74, 6) is -1.25. The Balaban J connectivity index is 1.82. The van der Waals surface area contributed by atoms with E-state index in [0.717, 1.165) is 11.1 Å². The maximum atomic E-state index is 12.2. The molecular formula is C19H21ClN2O4S. The van der Waals surface area contributed by atoms with E-state index in [1.165, 1.54) is 12.1 Å². The minimum Gasteiger partial charge on any atom is -0.347 e. The summed E-state index contributed by atoms with van der Waals surface area (Å²) in [5.41, 5.74) is 2.24. The van der Waals surface area contributed by atoms with Gasteiger partial charge in [0.15, 0.2) is 9.84 Å². The molecule has 2 amide bonds. The van der Waals surface area contributed by atoms with E-state index in [1.54, 1.807) is 37.3 Å². The fourth-order valence-corrected chi connectivity index (χ4v) is 3.71. The molecule has 8 heteroatoms. The number of halogens is 1. The highest BCUT2D eigenvalue weighted by Gasteiger charge is 2.17. The van der Waals surface area contributed by atoms with Crippen LogP contribution in [0.5, 0.6) is 0 Å². The zero-order valence-electron chi connectivity index (χ0n) is 15.1. The molecule has 0 aliphatic heterocycles. The second-order valence-electron chi connectivity index (χ2n) is 6.12. The lowest BCUT2D eigenvalue weighted by atomic mass is 10.2. The van der Waals surface area contributed by atoms with E-state index >= 15 is 0 Å².